The molecule has 0 spiro atoms. The van der Waals surface area contributed by atoms with Gasteiger partial charge in [-0.2, -0.15) is 13.2 Å². The average Bonchev–Trinajstić information content (AvgIpc) is 3.38. The molecule has 3 N–H and O–H groups in total. The van der Waals surface area contributed by atoms with Gasteiger partial charge in [-0.05, 0) is 56.6 Å². The van der Waals surface area contributed by atoms with Crippen LogP contribution in [0.15, 0.2) is 41.0 Å². The molecule has 0 bridgehead atoms. The van der Waals surface area contributed by atoms with Crippen LogP contribution in [0.25, 0.3) is 0 Å². The maximum atomic E-state index is 13.5. The number of carbonyl (C=O) groups excluding carboxylic acids is 1. The summed E-state index contributed by atoms with van der Waals surface area (Å²) in [6.45, 7) is 2.58. The Morgan fingerprint density at radius 3 is 2.37 bits per heavy atom. The van der Waals surface area contributed by atoms with E-state index in [0.29, 0.717) is 49.9 Å². The zero-order chi connectivity index (χ0) is 25.4. The van der Waals surface area contributed by atoms with Gasteiger partial charge in [-0.1, -0.05) is 25.1 Å². The van der Waals surface area contributed by atoms with E-state index in [9.17, 15) is 27.9 Å². The maximum Gasteiger partial charge on any atom is 0.416 e. The van der Waals surface area contributed by atoms with Crippen molar-refractivity contribution in [2.24, 2.45) is 22.1 Å². The molecule has 2 saturated carbocycles. The number of hydrogen-bond donors (Lipinski definition) is 2. The molecule has 1 heterocycles. The van der Waals surface area contributed by atoms with Crippen LogP contribution in [-0.4, -0.2) is 46.7 Å². The zero-order valence-electron chi connectivity index (χ0n) is 19.9. The Balaban J connectivity index is 1.52. The number of rotatable bonds is 6. The topological polar surface area (TPSA) is 96.0 Å². The smallest absolute Gasteiger partial charge is 0.416 e. The van der Waals surface area contributed by atoms with Crippen LogP contribution < -0.4 is 5.73 Å². The molecule has 0 aromatic heterocycles. The zero-order valence-corrected chi connectivity index (χ0v) is 19.9. The number of aliphatic carboxylic acids is 1. The summed E-state index contributed by atoms with van der Waals surface area (Å²) in [5, 5.41) is 9.26. The third-order valence-corrected chi connectivity index (χ3v) is 7.76. The van der Waals surface area contributed by atoms with Crippen molar-refractivity contribution in [3.05, 3.63) is 47.2 Å². The Morgan fingerprint density at radius 2 is 1.80 bits per heavy atom. The number of aliphatic imine (C=N–C) groups is 1. The minimum Gasteiger partial charge on any atom is -0.481 e. The highest BCUT2D eigenvalue weighted by molar-refractivity contribution is 6.24. The van der Waals surface area contributed by atoms with Gasteiger partial charge in [0.05, 0.1) is 28.8 Å². The summed E-state index contributed by atoms with van der Waals surface area (Å²) in [5.41, 5.74) is 6.22. The van der Waals surface area contributed by atoms with E-state index in [-0.39, 0.29) is 35.4 Å². The predicted octanol–water partition coefficient (Wildman–Crippen LogP) is 4.75. The number of carboxylic acid groups (broad SMARTS) is 1. The van der Waals surface area contributed by atoms with Crippen molar-refractivity contribution >= 4 is 17.6 Å². The number of amides is 1. The summed E-state index contributed by atoms with van der Waals surface area (Å²) in [4.78, 5) is 31.3. The molecule has 1 aromatic carbocycles. The molecule has 1 aliphatic heterocycles. The number of alkyl halides is 3. The van der Waals surface area contributed by atoms with Crippen LogP contribution in [-0.2, 0) is 15.8 Å². The van der Waals surface area contributed by atoms with Crippen LogP contribution in [0.3, 0.4) is 0 Å². The molecule has 6 nitrogen and oxygen atoms in total. The van der Waals surface area contributed by atoms with E-state index in [1.807, 2.05) is 6.92 Å². The van der Waals surface area contributed by atoms with Crippen molar-refractivity contribution in [1.82, 2.24) is 4.90 Å². The van der Waals surface area contributed by atoms with Crippen molar-refractivity contribution in [2.75, 3.05) is 13.1 Å². The number of hydrogen-bond acceptors (Lipinski definition) is 4. The highest BCUT2D eigenvalue weighted by Gasteiger charge is 2.47. The summed E-state index contributed by atoms with van der Waals surface area (Å²) in [7, 11) is 0. The lowest BCUT2D eigenvalue weighted by atomic mass is 9.85. The van der Waals surface area contributed by atoms with Gasteiger partial charge in [0, 0.05) is 30.6 Å². The summed E-state index contributed by atoms with van der Waals surface area (Å²) >= 11 is 0. The normalized spacial score (nSPS) is 27.1. The third kappa shape index (κ3) is 5.38. The Bertz CT molecular complexity index is 1040. The SMILES string of the molecule is CC1(C(=NC2CCC(C(=O)O)CC2)C(=CN)C(=O)N2CCC(c3ccccc3C(F)(F)F)C2)CC1. The van der Waals surface area contributed by atoms with Crippen LogP contribution in [0, 0.1) is 11.3 Å². The van der Waals surface area contributed by atoms with Crippen molar-refractivity contribution in [1.29, 1.82) is 0 Å². The minimum absolute atomic E-state index is 0.0641. The van der Waals surface area contributed by atoms with Gasteiger partial charge >= 0.3 is 12.1 Å². The second-order valence-corrected chi connectivity index (χ2v) is 10.3. The van der Waals surface area contributed by atoms with Gasteiger partial charge in [0.15, 0.2) is 0 Å². The quantitative estimate of drug-likeness (QED) is 0.444. The lowest BCUT2D eigenvalue weighted by molar-refractivity contribution is -0.143. The molecule has 2 aliphatic carbocycles. The van der Waals surface area contributed by atoms with Crippen LogP contribution in [0.4, 0.5) is 13.2 Å². The Hall–Kier alpha value is -2.84. The highest BCUT2D eigenvalue weighted by Crippen LogP contribution is 2.49. The van der Waals surface area contributed by atoms with E-state index in [4.69, 9.17) is 10.7 Å². The van der Waals surface area contributed by atoms with Crippen molar-refractivity contribution in [2.45, 2.75) is 70.0 Å². The van der Waals surface area contributed by atoms with Gasteiger partial charge in [0.1, 0.15) is 0 Å². The van der Waals surface area contributed by atoms with Gasteiger partial charge < -0.3 is 15.7 Å². The Morgan fingerprint density at radius 1 is 1.14 bits per heavy atom. The molecule has 4 rings (SSSR count). The van der Waals surface area contributed by atoms with Crippen LogP contribution in [0.1, 0.15) is 68.9 Å². The standard InChI is InChI=1S/C26H32F3N3O3/c1-25(11-12-25)22(31-18-8-6-16(7-9-18)24(34)35)20(14-30)23(33)32-13-10-17(15-32)19-4-2-3-5-21(19)26(27,28)29/h2-5,14,16-18H,6-13,15,30H2,1H3,(H,34,35). The van der Waals surface area contributed by atoms with E-state index in [0.717, 1.165) is 18.9 Å². The number of nitrogens with zero attached hydrogens (tertiary/aromatic N) is 2. The lowest BCUT2D eigenvalue weighted by Gasteiger charge is -2.27. The number of halogens is 3. The number of carboxylic acids is 1. The summed E-state index contributed by atoms with van der Waals surface area (Å²) in [5.74, 6) is -1.84. The molecular formula is C26H32F3N3O3. The van der Waals surface area contributed by atoms with E-state index in [1.54, 1.807) is 11.0 Å². The predicted molar refractivity (Wildman–Crippen MR) is 126 cm³/mol. The molecule has 9 heteroatoms. The molecule has 0 radical (unpaired) electrons. The van der Waals surface area contributed by atoms with Crippen molar-refractivity contribution in [3.63, 3.8) is 0 Å². The molecule has 190 valence electrons. The van der Waals surface area contributed by atoms with E-state index in [1.165, 1.54) is 18.3 Å². The van der Waals surface area contributed by atoms with Crippen molar-refractivity contribution < 1.29 is 27.9 Å². The monoisotopic (exact) mass is 491 g/mol. The fraction of sp³-hybridized carbons (Fsp3) is 0.577. The number of carbonyl (C=O) groups is 2. The largest absolute Gasteiger partial charge is 0.481 e. The molecule has 1 unspecified atom stereocenters. The number of nitrogens with two attached hydrogens (primary N) is 1. The number of likely N-dealkylation sites (tertiary alicyclic amines) is 1. The van der Waals surface area contributed by atoms with Crippen LogP contribution in [0.2, 0.25) is 0 Å². The van der Waals surface area contributed by atoms with E-state index < -0.39 is 23.6 Å². The van der Waals surface area contributed by atoms with E-state index in [2.05, 4.69) is 0 Å². The molecule has 1 atom stereocenters. The second kappa shape index (κ2) is 9.66. The first-order chi connectivity index (χ1) is 16.5. The van der Waals surface area contributed by atoms with E-state index >= 15 is 0 Å². The average molecular weight is 492 g/mol. The molecule has 1 saturated heterocycles. The molecule has 35 heavy (non-hydrogen) atoms. The first-order valence-corrected chi connectivity index (χ1v) is 12.2. The second-order valence-electron chi connectivity index (χ2n) is 10.3. The lowest BCUT2D eigenvalue weighted by Crippen LogP contribution is -2.36. The first kappa shape index (κ1) is 25.3. The summed E-state index contributed by atoms with van der Waals surface area (Å²) in [6, 6.07) is 5.49. The molecule has 1 aromatic rings. The molecule has 3 aliphatic rings. The van der Waals surface area contributed by atoms with Crippen LogP contribution in [0.5, 0.6) is 0 Å². The molecule has 3 fully saturated rings. The minimum atomic E-state index is -4.45. The summed E-state index contributed by atoms with van der Waals surface area (Å²) < 4.78 is 40.6. The van der Waals surface area contributed by atoms with Gasteiger partial charge in [-0.25, -0.2) is 0 Å². The Labute approximate surface area is 203 Å². The van der Waals surface area contributed by atoms with Crippen LogP contribution >= 0.6 is 0 Å². The Kier molecular flexibility index (Phi) is 6.97. The third-order valence-electron chi connectivity index (χ3n) is 7.76. The van der Waals surface area contributed by atoms with Gasteiger partial charge in [-0.3, -0.25) is 14.6 Å². The fourth-order valence-electron chi connectivity index (χ4n) is 5.34. The number of benzene rings is 1. The van der Waals surface area contributed by atoms with Gasteiger partial charge in [0.25, 0.3) is 5.91 Å². The maximum absolute atomic E-state index is 13.5. The van der Waals surface area contributed by atoms with Crippen molar-refractivity contribution in [3.8, 4) is 0 Å². The summed E-state index contributed by atoms with van der Waals surface area (Å²) in [6.07, 6.45) is 1.42. The highest BCUT2D eigenvalue weighted by atomic mass is 19.4. The first-order valence-electron chi connectivity index (χ1n) is 12.2. The fourth-order valence-corrected chi connectivity index (χ4v) is 5.34. The molecule has 1 amide bonds. The van der Waals surface area contributed by atoms with Gasteiger partial charge in [0.2, 0.25) is 0 Å². The molecular weight excluding hydrogens is 459 g/mol. The van der Waals surface area contributed by atoms with Gasteiger partial charge in [-0.15, -0.1) is 0 Å².